The lowest BCUT2D eigenvalue weighted by molar-refractivity contribution is 0.379. The molecule has 106 valence electrons. The van der Waals surface area contributed by atoms with Gasteiger partial charge in [0.2, 0.25) is 0 Å². The van der Waals surface area contributed by atoms with E-state index >= 15 is 0 Å². The molecule has 0 aliphatic carbocycles. The van der Waals surface area contributed by atoms with Gasteiger partial charge in [-0.05, 0) is 18.9 Å². The highest BCUT2D eigenvalue weighted by molar-refractivity contribution is 7.91. The van der Waals surface area contributed by atoms with E-state index in [-0.39, 0.29) is 0 Å². The van der Waals surface area contributed by atoms with Crippen molar-refractivity contribution in [1.29, 1.82) is 0 Å². The molecule has 0 aromatic carbocycles. The zero-order valence-electron chi connectivity index (χ0n) is 10.9. The van der Waals surface area contributed by atoms with Gasteiger partial charge in [0.25, 0.3) is 0 Å². The summed E-state index contributed by atoms with van der Waals surface area (Å²) in [4.78, 5) is 0. The van der Waals surface area contributed by atoms with E-state index in [9.17, 15) is 8.42 Å². The van der Waals surface area contributed by atoms with Crippen molar-refractivity contribution in [2.24, 2.45) is 11.8 Å². The topological polar surface area (TPSA) is 76.0 Å². The first-order valence-electron chi connectivity index (χ1n) is 6.79. The maximum atomic E-state index is 11.4. The molecule has 0 bridgehead atoms. The lowest BCUT2D eigenvalue weighted by atomic mass is 10.1. The Hall–Kier alpha value is -1.08. The number of rotatable bonds is 4. The van der Waals surface area contributed by atoms with E-state index in [0.29, 0.717) is 23.3 Å². The van der Waals surface area contributed by atoms with E-state index < -0.39 is 9.84 Å². The van der Waals surface area contributed by atoms with Crippen molar-refractivity contribution < 1.29 is 8.42 Å². The van der Waals surface area contributed by atoms with Crippen LogP contribution in [0.15, 0.2) is 12.3 Å². The standard InChI is InChI=1S/C12H20N4O2S/c17-19(18)4-2-10(9-19)5-13-6-11-7-14-12-1-3-15-16(12)8-11/h1,3,10-11,13-14H,2,4-9H2/t10-,11-/m1/s1. The van der Waals surface area contributed by atoms with E-state index in [4.69, 9.17) is 0 Å². The van der Waals surface area contributed by atoms with Gasteiger partial charge in [-0.3, -0.25) is 0 Å². The van der Waals surface area contributed by atoms with Gasteiger partial charge in [0.05, 0.1) is 17.7 Å². The van der Waals surface area contributed by atoms with Gasteiger partial charge in [-0.25, -0.2) is 13.1 Å². The minimum atomic E-state index is -2.75. The fourth-order valence-corrected chi connectivity index (χ4v) is 4.71. The van der Waals surface area contributed by atoms with E-state index in [1.807, 2.05) is 16.9 Å². The highest BCUT2D eigenvalue weighted by Gasteiger charge is 2.27. The van der Waals surface area contributed by atoms with Gasteiger partial charge >= 0.3 is 0 Å². The first-order valence-corrected chi connectivity index (χ1v) is 8.61. The molecule has 2 aliphatic heterocycles. The second-order valence-corrected chi connectivity index (χ2v) is 7.80. The SMILES string of the molecule is O=S1(=O)CC[C@H](CNC[C@@H]2CNc3ccnn3C2)C1. The number of sulfone groups is 1. The Bertz CT molecular complexity index is 540. The Labute approximate surface area is 113 Å². The summed E-state index contributed by atoms with van der Waals surface area (Å²) in [6.07, 6.45) is 2.61. The largest absolute Gasteiger partial charge is 0.370 e. The van der Waals surface area contributed by atoms with E-state index in [2.05, 4.69) is 15.7 Å². The van der Waals surface area contributed by atoms with Crippen LogP contribution in [0.5, 0.6) is 0 Å². The summed E-state index contributed by atoms with van der Waals surface area (Å²) in [6.45, 7) is 3.58. The lowest BCUT2D eigenvalue weighted by Gasteiger charge is -2.25. The number of aromatic nitrogens is 2. The predicted octanol–water partition coefficient (Wildman–Crippen LogP) is -0.0509. The molecule has 6 nitrogen and oxygen atoms in total. The Balaban J connectivity index is 1.42. The van der Waals surface area contributed by atoms with Gasteiger partial charge in [0, 0.05) is 31.6 Å². The van der Waals surface area contributed by atoms with Gasteiger partial charge in [0.1, 0.15) is 5.82 Å². The first-order chi connectivity index (χ1) is 9.12. The number of nitrogens with zero attached hydrogens (tertiary/aromatic N) is 2. The number of fused-ring (bicyclic) bond motifs is 1. The molecular formula is C12H20N4O2S. The third-order valence-corrected chi connectivity index (χ3v) is 5.75. The molecule has 3 rings (SSSR count). The maximum Gasteiger partial charge on any atom is 0.150 e. The van der Waals surface area contributed by atoms with Crippen molar-refractivity contribution in [2.75, 3.05) is 36.5 Å². The van der Waals surface area contributed by atoms with Gasteiger partial charge in [-0.15, -0.1) is 0 Å². The molecular weight excluding hydrogens is 264 g/mol. The molecule has 2 N–H and O–H groups in total. The molecule has 2 atom stereocenters. The lowest BCUT2D eigenvalue weighted by Crippen LogP contribution is -2.37. The molecule has 0 spiro atoms. The van der Waals surface area contributed by atoms with E-state index in [1.54, 1.807) is 0 Å². The van der Waals surface area contributed by atoms with Crippen LogP contribution in [0.4, 0.5) is 5.82 Å². The molecule has 2 aliphatic rings. The van der Waals surface area contributed by atoms with E-state index in [1.165, 1.54) is 0 Å². The zero-order valence-corrected chi connectivity index (χ0v) is 11.7. The number of hydrogen-bond donors (Lipinski definition) is 2. The number of anilines is 1. The molecule has 1 aromatic heterocycles. The van der Waals surface area contributed by atoms with Crippen LogP contribution in [0.25, 0.3) is 0 Å². The molecule has 1 fully saturated rings. The van der Waals surface area contributed by atoms with Crippen LogP contribution in [0, 0.1) is 11.8 Å². The second kappa shape index (κ2) is 5.13. The van der Waals surface area contributed by atoms with Crippen LogP contribution >= 0.6 is 0 Å². The predicted molar refractivity (Wildman–Crippen MR) is 73.8 cm³/mol. The van der Waals surface area contributed by atoms with Crippen LogP contribution in [-0.2, 0) is 16.4 Å². The minimum absolute atomic E-state index is 0.293. The molecule has 19 heavy (non-hydrogen) atoms. The molecule has 3 heterocycles. The molecule has 7 heteroatoms. The highest BCUT2D eigenvalue weighted by atomic mass is 32.2. The molecule has 1 aromatic rings. The molecule has 1 saturated heterocycles. The van der Waals surface area contributed by atoms with Crippen molar-refractivity contribution >= 4 is 15.7 Å². The Morgan fingerprint density at radius 2 is 2.26 bits per heavy atom. The summed E-state index contributed by atoms with van der Waals surface area (Å²) in [5.41, 5.74) is 0. The summed E-state index contributed by atoms with van der Waals surface area (Å²) in [5, 5.41) is 11.0. The van der Waals surface area contributed by atoms with Crippen LogP contribution in [0.3, 0.4) is 0 Å². The van der Waals surface area contributed by atoms with Gasteiger partial charge in [-0.1, -0.05) is 0 Å². The van der Waals surface area contributed by atoms with Crippen molar-refractivity contribution in [2.45, 2.75) is 13.0 Å². The maximum absolute atomic E-state index is 11.4. The average Bonchev–Trinajstić information content (AvgIpc) is 2.95. The fourth-order valence-electron chi connectivity index (χ4n) is 2.85. The van der Waals surface area contributed by atoms with Crippen LogP contribution in [0.1, 0.15) is 6.42 Å². The third kappa shape index (κ3) is 3.09. The Morgan fingerprint density at radius 3 is 3.05 bits per heavy atom. The van der Waals surface area contributed by atoms with Crippen LogP contribution in [-0.4, -0.2) is 49.3 Å². The van der Waals surface area contributed by atoms with Crippen LogP contribution < -0.4 is 10.6 Å². The Morgan fingerprint density at radius 1 is 1.42 bits per heavy atom. The number of nitrogens with one attached hydrogen (secondary N) is 2. The minimum Gasteiger partial charge on any atom is -0.370 e. The van der Waals surface area contributed by atoms with Crippen LogP contribution in [0.2, 0.25) is 0 Å². The third-order valence-electron chi connectivity index (χ3n) is 3.91. The van der Waals surface area contributed by atoms with Gasteiger partial charge in [0.15, 0.2) is 9.84 Å². The molecule has 0 unspecified atom stereocenters. The van der Waals surface area contributed by atoms with E-state index in [0.717, 1.165) is 38.4 Å². The normalized spacial score (nSPS) is 28.8. The second-order valence-electron chi connectivity index (χ2n) is 5.57. The van der Waals surface area contributed by atoms with Gasteiger partial charge < -0.3 is 10.6 Å². The quantitative estimate of drug-likeness (QED) is 0.811. The number of hydrogen-bond acceptors (Lipinski definition) is 5. The molecule has 0 radical (unpaired) electrons. The monoisotopic (exact) mass is 284 g/mol. The summed E-state index contributed by atoms with van der Waals surface area (Å²) in [5.74, 6) is 2.60. The van der Waals surface area contributed by atoms with Crippen molar-refractivity contribution in [3.63, 3.8) is 0 Å². The molecule has 0 saturated carbocycles. The first kappa shape index (κ1) is 12.9. The zero-order chi connectivity index (χ0) is 13.3. The average molecular weight is 284 g/mol. The summed E-state index contributed by atoms with van der Waals surface area (Å²) < 4.78 is 24.7. The fraction of sp³-hybridized carbons (Fsp3) is 0.750. The van der Waals surface area contributed by atoms with Crippen molar-refractivity contribution in [3.8, 4) is 0 Å². The molecule has 0 amide bonds. The Kier molecular flexibility index (Phi) is 3.49. The smallest absolute Gasteiger partial charge is 0.150 e. The van der Waals surface area contributed by atoms with Gasteiger partial charge in [-0.2, -0.15) is 5.10 Å². The summed E-state index contributed by atoms with van der Waals surface area (Å²) in [7, 11) is -2.75. The summed E-state index contributed by atoms with van der Waals surface area (Å²) >= 11 is 0. The van der Waals surface area contributed by atoms with Crippen molar-refractivity contribution in [3.05, 3.63) is 12.3 Å². The highest BCUT2D eigenvalue weighted by Crippen LogP contribution is 2.18. The van der Waals surface area contributed by atoms with Crippen molar-refractivity contribution in [1.82, 2.24) is 15.1 Å². The summed E-state index contributed by atoms with van der Waals surface area (Å²) in [6, 6.07) is 1.98.